The lowest BCUT2D eigenvalue weighted by atomic mass is 10.1. The van der Waals surface area contributed by atoms with Crippen LogP contribution in [0.25, 0.3) is 16.8 Å². The Morgan fingerprint density at radius 3 is 2.64 bits per heavy atom. The van der Waals surface area contributed by atoms with Crippen LogP contribution in [-0.2, 0) is 20.9 Å². The van der Waals surface area contributed by atoms with Crippen molar-refractivity contribution in [1.29, 1.82) is 0 Å². The van der Waals surface area contributed by atoms with Crippen molar-refractivity contribution in [2.75, 3.05) is 13.2 Å². The van der Waals surface area contributed by atoms with Gasteiger partial charge in [-0.3, -0.25) is 14.5 Å². The number of esters is 1. The summed E-state index contributed by atoms with van der Waals surface area (Å²) in [7, 11) is 0. The number of carbonyl (C=O) groups is 3. The van der Waals surface area contributed by atoms with Gasteiger partial charge < -0.3 is 9.47 Å². The van der Waals surface area contributed by atoms with Crippen LogP contribution in [0.3, 0.4) is 0 Å². The highest BCUT2D eigenvalue weighted by molar-refractivity contribution is 9.10. The molecule has 1 fully saturated rings. The summed E-state index contributed by atoms with van der Waals surface area (Å²) in [5.41, 5.74) is 1.45. The summed E-state index contributed by atoms with van der Waals surface area (Å²) in [6, 6.07) is 19.0. The number of ether oxygens (including phenoxy) is 2. The third-order valence-electron chi connectivity index (χ3n) is 4.94. The molecule has 8 heteroatoms. The Kier molecular flexibility index (Phi) is 7.15. The number of rotatable bonds is 7. The van der Waals surface area contributed by atoms with Crippen molar-refractivity contribution in [3.05, 3.63) is 81.2 Å². The van der Waals surface area contributed by atoms with Crippen molar-refractivity contribution in [2.45, 2.75) is 13.5 Å². The van der Waals surface area contributed by atoms with Crippen LogP contribution in [0.15, 0.2) is 70.0 Å². The number of imide groups is 1. The molecule has 1 heterocycles. The van der Waals surface area contributed by atoms with E-state index in [1.165, 1.54) is 4.90 Å². The predicted molar refractivity (Wildman–Crippen MR) is 132 cm³/mol. The molecule has 4 rings (SSSR count). The van der Waals surface area contributed by atoms with Crippen LogP contribution in [0.5, 0.6) is 5.75 Å². The molecule has 3 aromatic rings. The van der Waals surface area contributed by atoms with Gasteiger partial charge >= 0.3 is 5.97 Å². The Bertz CT molecular complexity index is 1270. The van der Waals surface area contributed by atoms with Gasteiger partial charge in [-0.2, -0.15) is 0 Å². The maximum atomic E-state index is 13.0. The van der Waals surface area contributed by atoms with Crippen LogP contribution >= 0.6 is 27.7 Å². The maximum absolute atomic E-state index is 13.0. The maximum Gasteiger partial charge on any atom is 0.344 e. The zero-order valence-electron chi connectivity index (χ0n) is 17.7. The van der Waals surface area contributed by atoms with Gasteiger partial charge in [0.25, 0.3) is 11.1 Å². The Labute approximate surface area is 203 Å². The number of nitrogens with zero attached hydrogens (tertiary/aromatic N) is 1. The summed E-state index contributed by atoms with van der Waals surface area (Å²) in [5.74, 6) is -0.441. The van der Waals surface area contributed by atoms with E-state index in [1.54, 1.807) is 31.2 Å². The van der Waals surface area contributed by atoms with E-state index < -0.39 is 5.97 Å². The molecule has 0 radical (unpaired) electrons. The van der Waals surface area contributed by atoms with Gasteiger partial charge in [0, 0.05) is 10.0 Å². The lowest BCUT2D eigenvalue weighted by molar-refractivity contribution is -0.145. The summed E-state index contributed by atoms with van der Waals surface area (Å²) in [4.78, 5) is 38.8. The average Bonchev–Trinajstić information content (AvgIpc) is 3.06. The van der Waals surface area contributed by atoms with E-state index in [-0.39, 0.29) is 30.9 Å². The number of amides is 2. The second kappa shape index (κ2) is 10.2. The van der Waals surface area contributed by atoms with Gasteiger partial charge in [0.2, 0.25) is 0 Å². The standard InChI is InChI=1S/C25H20BrNO5S/c1-2-31-23(28)15-32-21-10-9-20(26)12-19(21)13-22-24(29)27(25(30)33-22)14-16-7-8-17-5-3-4-6-18(17)11-16/h3-13H,2,14-15H2,1H3/b22-13-. The number of hydrogen-bond donors (Lipinski definition) is 0. The van der Waals surface area contributed by atoms with Crippen molar-refractivity contribution in [2.24, 2.45) is 0 Å². The van der Waals surface area contributed by atoms with Gasteiger partial charge in [-0.1, -0.05) is 52.3 Å². The number of benzene rings is 3. The highest BCUT2D eigenvalue weighted by Crippen LogP contribution is 2.36. The topological polar surface area (TPSA) is 72.9 Å². The summed E-state index contributed by atoms with van der Waals surface area (Å²) in [5, 5.41) is 1.82. The first-order valence-corrected chi connectivity index (χ1v) is 11.9. The van der Waals surface area contributed by atoms with Crippen LogP contribution in [0, 0.1) is 0 Å². The molecule has 1 aliphatic heterocycles. The molecular weight excluding hydrogens is 506 g/mol. The van der Waals surface area contributed by atoms with Crippen LogP contribution in [0.2, 0.25) is 0 Å². The number of thioether (sulfide) groups is 1. The molecule has 0 bridgehead atoms. The molecule has 0 N–H and O–H groups in total. The molecule has 6 nitrogen and oxygen atoms in total. The van der Waals surface area contributed by atoms with Crippen LogP contribution in [-0.4, -0.2) is 35.2 Å². The molecule has 0 saturated carbocycles. The van der Waals surface area contributed by atoms with Crippen LogP contribution in [0.1, 0.15) is 18.1 Å². The van der Waals surface area contributed by atoms with Crippen molar-refractivity contribution < 1.29 is 23.9 Å². The normalized spacial score (nSPS) is 14.8. The van der Waals surface area contributed by atoms with E-state index in [0.29, 0.717) is 16.2 Å². The molecule has 3 aromatic carbocycles. The first-order chi connectivity index (χ1) is 15.9. The minimum absolute atomic E-state index is 0.192. The van der Waals surface area contributed by atoms with Gasteiger partial charge in [0.05, 0.1) is 18.1 Å². The van der Waals surface area contributed by atoms with Crippen molar-refractivity contribution in [3.8, 4) is 5.75 Å². The first-order valence-electron chi connectivity index (χ1n) is 10.3. The Balaban J connectivity index is 1.54. The smallest absolute Gasteiger partial charge is 0.344 e. The van der Waals surface area contributed by atoms with E-state index in [9.17, 15) is 14.4 Å². The average molecular weight is 526 g/mol. The molecule has 1 aliphatic rings. The van der Waals surface area contributed by atoms with Crippen molar-refractivity contribution in [3.63, 3.8) is 0 Å². The minimum atomic E-state index is -0.484. The van der Waals surface area contributed by atoms with Crippen molar-refractivity contribution >= 4 is 61.7 Å². The minimum Gasteiger partial charge on any atom is -0.481 e. The second-order valence-electron chi connectivity index (χ2n) is 7.23. The van der Waals surface area contributed by atoms with E-state index in [0.717, 1.165) is 32.6 Å². The third-order valence-corrected chi connectivity index (χ3v) is 6.34. The monoisotopic (exact) mass is 525 g/mol. The number of carbonyl (C=O) groups excluding carboxylic acids is 3. The third kappa shape index (κ3) is 5.46. The van der Waals surface area contributed by atoms with Gasteiger partial charge in [-0.25, -0.2) is 4.79 Å². The summed E-state index contributed by atoms with van der Waals surface area (Å²) < 4.78 is 11.2. The van der Waals surface area contributed by atoms with Gasteiger partial charge in [0.1, 0.15) is 5.75 Å². The fraction of sp³-hybridized carbons (Fsp3) is 0.160. The fourth-order valence-corrected chi connectivity index (χ4v) is 4.61. The highest BCUT2D eigenvalue weighted by atomic mass is 79.9. The molecule has 0 unspecified atom stereocenters. The Morgan fingerprint density at radius 2 is 1.85 bits per heavy atom. The van der Waals surface area contributed by atoms with E-state index in [1.807, 2.05) is 42.5 Å². The van der Waals surface area contributed by atoms with Crippen LogP contribution in [0.4, 0.5) is 4.79 Å². The molecule has 0 spiro atoms. The molecule has 1 saturated heterocycles. The quantitative estimate of drug-likeness (QED) is 0.287. The summed E-state index contributed by atoms with van der Waals surface area (Å²) >= 11 is 4.29. The summed E-state index contributed by atoms with van der Waals surface area (Å²) in [6.45, 7) is 1.92. The Hall–Kier alpha value is -3.10. The van der Waals surface area contributed by atoms with E-state index in [4.69, 9.17) is 9.47 Å². The van der Waals surface area contributed by atoms with E-state index >= 15 is 0 Å². The van der Waals surface area contributed by atoms with Crippen LogP contribution < -0.4 is 4.74 Å². The number of fused-ring (bicyclic) bond motifs is 1. The molecule has 2 amide bonds. The largest absolute Gasteiger partial charge is 0.481 e. The Morgan fingerprint density at radius 1 is 1.06 bits per heavy atom. The fourth-order valence-electron chi connectivity index (χ4n) is 3.40. The van der Waals surface area contributed by atoms with Crippen molar-refractivity contribution in [1.82, 2.24) is 4.90 Å². The molecule has 0 aliphatic carbocycles. The van der Waals surface area contributed by atoms with E-state index in [2.05, 4.69) is 15.9 Å². The zero-order chi connectivity index (χ0) is 23.4. The molecule has 168 valence electrons. The number of hydrogen-bond acceptors (Lipinski definition) is 6. The predicted octanol–water partition coefficient (Wildman–Crippen LogP) is 5.78. The summed E-state index contributed by atoms with van der Waals surface area (Å²) in [6.07, 6.45) is 1.61. The molecular formula is C25H20BrNO5S. The molecule has 0 atom stereocenters. The second-order valence-corrected chi connectivity index (χ2v) is 9.13. The first kappa shape index (κ1) is 23.1. The van der Waals surface area contributed by atoms with Gasteiger partial charge in [-0.15, -0.1) is 0 Å². The SMILES string of the molecule is CCOC(=O)COc1ccc(Br)cc1/C=C1\SC(=O)N(Cc2ccc3ccccc3c2)C1=O. The van der Waals surface area contributed by atoms with Gasteiger partial charge in [0.15, 0.2) is 6.61 Å². The molecule has 33 heavy (non-hydrogen) atoms. The molecule has 0 aromatic heterocycles. The number of halogens is 1. The van der Waals surface area contributed by atoms with Gasteiger partial charge in [-0.05, 0) is 65.4 Å². The zero-order valence-corrected chi connectivity index (χ0v) is 20.1. The highest BCUT2D eigenvalue weighted by Gasteiger charge is 2.35. The lowest BCUT2D eigenvalue weighted by Gasteiger charge is -2.13. The lowest BCUT2D eigenvalue weighted by Crippen LogP contribution is -2.27.